The number of benzene rings is 6. The Morgan fingerprint density at radius 2 is 0.611 bits per heavy atom. The van der Waals surface area contributed by atoms with Gasteiger partial charge in [0, 0.05) is 59.3 Å². The van der Waals surface area contributed by atoms with Crippen molar-refractivity contribution in [1.29, 1.82) is 0 Å². The van der Waals surface area contributed by atoms with Crippen LogP contribution in [0.4, 0.5) is 17.1 Å². The molecule has 6 rings (SSSR count). The van der Waals surface area contributed by atoms with Gasteiger partial charge in [0.25, 0.3) is 0 Å². The molecule has 0 heterocycles. The first-order chi connectivity index (χ1) is 26.0. The lowest BCUT2D eigenvalue weighted by atomic mass is 9.82. The summed E-state index contributed by atoms with van der Waals surface area (Å²) in [6, 6.07) is 48.6. The molecule has 0 amide bonds. The number of hydrogen-bond acceptors (Lipinski definition) is 3. The lowest BCUT2D eigenvalue weighted by Gasteiger charge is -2.16. The first-order valence-corrected chi connectivity index (χ1v) is 18.6. The summed E-state index contributed by atoms with van der Waals surface area (Å²) in [6.07, 6.45) is 13.2. The van der Waals surface area contributed by atoms with Gasteiger partial charge in [0.05, 0.1) is 22.6 Å². The van der Waals surface area contributed by atoms with Gasteiger partial charge in [-0.1, -0.05) is 72.9 Å². The van der Waals surface area contributed by atoms with E-state index in [-0.39, 0.29) is 0 Å². The maximum absolute atomic E-state index is 2.33. The Morgan fingerprint density at radius 1 is 0.333 bits per heavy atom. The molecule has 0 radical (unpaired) electrons. The molecule has 3 heteroatoms. The number of hydrogen-bond donors (Lipinski definition) is 0. The molecule has 0 aromatic heterocycles. The average molecular weight is 707 g/mol. The summed E-state index contributed by atoms with van der Waals surface area (Å²) < 4.78 is 0. The summed E-state index contributed by atoms with van der Waals surface area (Å²) in [4.78, 5) is 6.36. The third-order valence-corrected chi connectivity index (χ3v) is 9.92. The molecule has 0 aliphatic carbocycles. The van der Waals surface area contributed by atoms with Gasteiger partial charge in [0.1, 0.15) is 0 Å². The van der Waals surface area contributed by atoms with E-state index in [0.29, 0.717) is 0 Å². The van der Waals surface area contributed by atoms with Gasteiger partial charge < -0.3 is 14.7 Å². The zero-order chi connectivity index (χ0) is 38.2. The summed E-state index contributed by atoms with van der Waals surface area (Å²) in [5, 5.41) is 0. The smallest absolute Gasteiger partial charge is 0.0632 e. The summed E-state index contributed by atoms with van der Waals surface area (Å²) >= 11 is 0. The Kier molecular flexibility index (Phi) is 11.9. The number of anilines is 3. The van der Waals surface area contributed by atoms with E-state index in [1.54, 1.807) is 0 Å². The van der Waals surface area contributed by atoms with E-state index in [4.69, 9.17) is 0 Å². The highest BCUT2D eigenvalue weighted by Crippen LogP contribution is 2.34. The number of aryl methyl sites for hydroxylation is 2. The van der Waals surface area contributed by atoms with Crippen LogP contribution in [0.3, 0.4) is 0 Å². The van der Waals surface area contributed by atoms with Crippen LogP contribution in [0.15, 0.2) is 133 Å². The third kappa shape index (κ3) is 9.42. The van der Waals surface area contributed by atoms with Crippen LogP contribution in [0.5, 0.6) is 0 Å². The van der Waals surface area contributed by atoms with Crippen molar-refractivity contribution in [1.82, 2.24) is 0 Å². The molecule has 0 aliphatic rings. The molecule has 54 heavy (non-hydrogen) atoms. The minimum Gasteiger partial charge on any atom is -0.378 e. The Hall–Kier alpha value is -6.19. The van der Waals surface area contributed by atoms with Crippen molar-refractivity contribution in [3.05, 3.63) is 201 Å². The van der Waals surface area contributed by atoms with Crippen molar-refractivity contribution in [3.8, 4) is 0 Å². The number of rotatable bonds is 12. The standard InChI is InChI=1S/C51H52N3/c1-37-35-46(27-25-43(37)21-11-41-17-31-49(32-18-41)53(5)6)51(45-23-13-39(14-24-45)9-10-40-15-29-48(30-16-40)52(3)4)47-28-26-44(38(2)36-47)22-12-42-19-33-50(34-20-42)54(7)8/h9-36H,1-8H3/q+1/b10-9+,21-11+,22-12+. The van der Waals surface area contributed by atoms with Crippen LogP contribution in [-0.2, 0) is 0 Å². The van der Waals surface area contributed by atoms with Crippen LogP contribution < -0.4 is 14.7 Å². The van der Waals surface area contributed by atoms with Crippen LogP contribution in [0.25, 0.3) is 36.5 Å². The first kappa shape index (κ1) is 37.6. The van der Waals surface area contributed by atoms with E-state index in [0.717, 1.165) is 0 Å². The molecule has 0 spiro atoms. The van der Waals surface area contributed by atoms with E-state index >= 15 is 0 Å². The first-order valence-electron chi connectivity index (χ1n) is 18.6. The highest BCUT2D eigenvalue weighted by atomic mass is 15.1. The predicted molar refractivity (Wildman–Crippen MR) is 238 cm³/mol. The molecule has 0 saturated heterocycles. The average Bonchev–Trinajstić information content (AvgIpc) is 3.17. The third-order valence-electron chi connectivity index (χ3n) is 9.92. The highest BCUT2D eigenvalue weighted by molar-refractivity contribution is 5.75. The van der Waals surface area contributed by atoms with Crippen LogP contribution in [-0.4, -0.2) is 42.3 Å². The number of nitrogens with zero attached hydrogens (tertiary/aromatic N) is 3. The van der Waals surface area contributed by atoms with Gasteiger partial charge in [-0.25, -0.2) is 0 Å². The predicted octanol–water partition coefficient (Wildman–Crippen LogP) is 12.0. The molecule has 0 saturated carbocycles. The lowest BCUT2D eigenvalue weighted by molar-refractivity contribution is 1.13. The summed E-state index contributed by atoms with van der Waals surface area (Å²) in [5.74, 6) is 1.22. The molecular weight excluding hydrogens is 655 g/mol. The SMILES string of the molecule is Cc1cc([C+](c2ccc(/C=C/c3ccc(N(C)C)cc3)cc2)c2ccc(/C=C/c3ccc(N(C)C)cc3)c(C)c2)ccc1/C=C/c1ccc(N(C)C)cc1. The van der Waals surface area contributed by atoms with Crippen molar-refractivity contribution in [3.63, 3.8) is 0 Å². The van der Waals surface area contributed by atoms with E-state index in [2.05, 4.69) is 241 Å². The summed E-state index contributed by atoms with van der Waals surface area (Å²) in [6.45, 7) is 4.41. The van der Waals surface area contributed by atoms with Crippen LogP contribution >= 0.6 is 0 Å². The molecule has 0 aliphatic heterocycles. The molecule has 6 aromatic rings. The minimum atomic E-state index is 1.17. The molecule has 0 fully saturated rings. The molecule has 0 atom stereocenters. The molecule has 0 unspecified atom stereocenters. The van der Waals surface area contributed by atoms with Gasteiger partial charge >= 0.3 is 0 Å². The van der Waals surface area contributed by atoms with E-state index < -0.39 is 0 Å². The maximum Gasteiger partial charge on any atom is 0.0632 e. The van der Waals surface area contributed by atoms with Gasteiger partial charge in [-0.05, 0) is 155 Å². The maximum atomic E-state index is 2.33. The second kappa shape index (κ2) is 17.1. The molecule has 0 bridgehead atoms. The zero-order valence-electron chi connectivity index (χ0n) is 33.0. The summed E-state index contributed by atoms with van der Waals surface area (Å²) in [5.41, 5.74) is 16.8. The van der Waals surface area contributed by atoms with E-state index in [1.165, 1.54) is 84.2 Å². The van der Waals surface area contributed by atoms with Crippen molar-refractivity contribution in [2.75, 3.05) is 57.0 Å². The molecule has 0 N–H and O–H groups in total. The second-order valence-corrected chi connectivity index (χ2v) is 14.6. The normalized spacial score (nSPS) is 11.5. The molecular formula is C51H52N3+. The van der Waals surface area contributed by atoms with Crippen LogP contribution in [0, 0.1) is 19.8 Å². The fraction of sp³-hybridized carbons (Fsp3) is 0.157. The van der Waals surface area contributed by atoms with Gasteiger partial charge in [-0.3, -0.25) is 0 Å². The van der Waals surface area contributed by atoms with Gasteiger partial charge in [-0.2, -0.15) is 0 Å². The summed E-state index contributed by atoms with van der Waals surface area (Å²) in [7, 11) is 12.4. The molecule has 270 valence electrons. The monoisotopic (exact) mass is 706 g/mol. The Morgan fingerprint density at radius 3 is 0.907 bits per heavy atom. The zero-order valence-corrected chi connectivity index (χ0v) is 33.0. The highest BCUT2D eigenvalue weighted by Gasteiger charge is 2.24. The van der Waals surface area contributed by atoms with E-state index in [1.807, 2.05) is 0 Å². The van der Waals surface area contributed by atoms with Crippen molar-refractivity contribution in [2.24, 2.45) is 0 Å². The Bertz CT molecular complexity index is 2120. The fourth-order valence-corrected chi connectivity index (χ4v) is 6.51. The largest absolute Gasteiger partial charge is 0.378 e. The van der Waals surface area contributed by atoms with Crippen molar-refractivity contribution >= 4 is 53.5 Å². The Labute approximate surface area is 323 Å². The second-order valence-electron chi connectivity index (χ2n) is 14.6. The van der Waals surface area contributed by atoms with Crippen molar-refractivity contribution < 1.29 is 0 Å². The fourth-order valence-electron chi connectivity index (χ4n) is 6.51. The topological polar surface area (TPSA) is 9.72 Å². The van der Waals surface area contributed by atoms with Gasteiger partial charge in [0.15, 0.2) is 0 Å². The van der Waals surface area contributed by atoms with Gasteiger partial charge in [0.2, 0.25) is 0 Å². The Balaban J connectivity index is 1.29. The van der Waals surface area contributed by atoms with E-state index in [9.17, 15) is 0 Å². The quantitative estimate of drug-likeness (QED) is 0.0713. The van der Waals surface area contributed by atoms with Crippen LogP contribution in [0.1, 0.15) is 61.2 Å². The molecule has 3 nitrogen and oxygen atoms in total. The lowest BCUT2D eigenvalue weighted by Crippen LogP contribution is -2.07. The minimum absolute atomic E-state index is 1.17. The van der Waals surface area contributed by atoms with Crippen LogP contribution in [0.2, 0.25) is 0 Å². The van der Waals surface area contributed by atoms with Gasteiger partial charge in [-0.15, -0.1) is 0 Å². The van der Waals surface area contributed by atoms with Crippen molar-refractivity contribution in [2.45, 2.75) is 13.8 Å². The molecule has 6 aromatic carbocycles.